The number of carbonyl (C=O) groups is 1. The minimum Gasteiger partial charge on any atom is -0.335 e. The quantitative estimate of drug-likeness (QED) is 0.442. The predicted octanol–water partition coefficient (Wildman–Crippen LogP) is 3.70. The van der Waals surface area contributed by atoms with Gasteiger partial charge in [0.25, 0.3) is 5.91 Å². The number of amides is 1. The Morgan fingerprint density at radius 2 is 1.88 bits per heavy atom. The van der Waals surface area contributed by atoms with Crippen molar-refractivity contribution in [2.45, 2.75) is 13.5 Å². The van der Waals surface area contributed by atoms with Crippen LogP contribution in [0.4, 0.5) is 0 Å². The van der Waals surface area contributed by atoms with E-state index in [0.29, 0.717) is 34.5 Å². The molecule has 1 aliphatic rings. The number of aromatic nitrogens is 5. The van der Waals surface area contributed by atoms with Crippen LogP contribution in [0.5, 0.6) is 0 Å². The summed E-state index contributed by atoms with van der Waals surface area (Å²) < 4.78 is 3.53. The smallest absolute Gasteiger partial charge is 0.274 e. The second-order valence-electron chi connectivity index (χ2n) is 8.20. The lowest BCUT2D eigenvalue weighted by atomic mass is 10.2. The molecule has 1 saturated heterocycles. The maximum Gasteiger partial charge on any atom is 0.274 e. The molecule has 33 heavy (non-hydrogen) atoms. The van der Waals surface area contributed by atoms with E-state index in [-0.39, 0.29) is 5.91 Å². The van der Waals surface area contributed by atoms with E-state index in [1.54, 1.807) is 29.0 Å². The van der Waals surface area contributed by atoms with Crippen molar-refractivity contribution in [1.82, 2.24) is 34.2 Å². The van der Waals surface area contributed by atoms with Gasteiger partial charge in [0.1, 0.15) is 0 Å². The van der Waals surface area contributed by atoms with E-state index in [1.165, 1.54) is 0 Å². The van der Waals surface area contributed by atoms with E-state index < -0.39 is 0 Å². The highest BCUT2D eigenvalue weighted by molar-refractivity contribution is 6.35. The molecule has 3 aromatic heterocycles. The van der Waals surface area contributed by atoms with Crippen LogP contribution in [0, 0.1) is 6.92 Å². The fourth-order valence-corrected chi connectivity index (χ4v) is 4.58. The van der Waals surface area contributed by atoms with Crippen molar-refractivity contribution in [3.8, 4) is 11.3 Å². The third-order valence-corrected chi connectivity index (χ3v) is 6.74. The van der Waals surface area contributed by atoms with Crippen LogP contribution >= 0.6 is 23.2 Å². The standard InChI is InChI=1S/C23H23Cl2N7O/c1-15-18(13-27-29(15)2)21-5-6-26-22-12-20(28-32(21)22)23(33)31-9-7-30(8-10-31)14-16-3-4-17(24)11-19(16)25/h3-6,11-13H,7-10,14H2,1-2H3. The molecule has 1 amide bonds. The lowest BCUT2D eigenvalue weighted by Crippen LogP contribution is -2.48. The van der Waals surface area contributed by atoms with Gasteiger partial charge in [0.15, 0.2) is 11.3 Å². The molecule has 1 fully saturated rings. The molecular formula is C23H23Cl2N7O. The summed E-state index contributed by atoms with van der Waals surface area (Å²) in [5.74, 6) is -0.0847. The zero-order chi connectivity index (χ0) is 23.1. The Morgan fingerprint density at radius 1 is 1.09 bits per heavy atom. The number of hydrogen-bond donors (Lipinski definition) is 0. The van der Waals surface area contributed by atoms with Gasteiger partial charge in [-0.25, -0.2) is 9.50 Å². The first kappa shape index (κ1) is 21.9. The van der Waals surface area contributed by atoms with E-state index in [2.05, 4.69) is 20.1 Å². The number of rotatable bonds is 4. The van der Waals surface area contributed by atoms with Crippen molar-refractivity contribution in [3.63, 3.8) is 0 Å². The number of carbonyl (C=O) groups excluding carboxylic acids is 1. The van der Waals surface area contributed by atoms with E-state index >= 15 is 0 Å². The van der Waals surface area contributed by atoms with Crippen molar-refractivity contribution >= 4 is 34.8 Å². The first-order valence-corrected chi connectivity index (χ1v) is 11.5. The highest BCUT2D eigenvalue weighted by Gasteiger charge is 2.25. The van der Waals surface area contributed by atoms with Gasteiger partial charge in [-0.15, -0.1) is 0 Å². The Bertz CT molecular complexity index is 1340. The average Bonchev–Trinajstić information content (AvgIpc) is 3.39. The van der Waals surface area contributed by atoms with Gasteiger partial charge in [0, 0.05) is 73.3 Å². The molecular weight excluding hydrogens is 461 g/mol. The highest BCUT2D eigenvalue weighted by atomic mass is 35.5. The summed E-state index contributed by atoms with van der Waals surface area (Å²) in [5, 5.41) is 10.2. The maximum atomic E-state index is 13.2. The molecule has 170 valence electrons. The zero-order valence-corrected chi connectivity index (χ0v) is 19.9. The average molecular weight is 484 g/mol. The third kappa shape index (κ3) is 4.21. The van der Waals surface area contributed by atoms with Crippen molar-refractivity contribution in [3.05, 3.63) is 69.7 Å². The van der Waals surface area contributed by atoms with Gasteiger partial charge in [-0.1, -0.05) is 29.3 Å². The van der Waals surface area contributed by atoms with Crippen molar-refractivity contribution in [1.29, 1.82) is 0 Å². The molecule has 0 spiro atoms. The third-order valence-electron chi connectivity index (χ3n) is 6.16. The summed E-state index contributed by atoms with van der Waals surface area (Å²) in [6, 6.07) is 9.20. The van der Waals surface area contributed by atoms with Crippen LogP contribution < -0.4 is 0 Å². The molecule has 0 radical (unpaired) electrons. The molecule has 5 rings (SSSR count). The Hall–Kier alpha value is -2.94. The van der Waals surface area contributed by atoms with Gasteiger partial charge in [-0.2, -0.15) is 10.2 Å². The predicted molar refractivity (Wildman–Crippen MR) is 128 cm³/mol. The molecule has 8 nitrogen and oxygen atoms in total. The number of aryl methyl sites for hydroxylation is 1. The van der Waals surface area contributed by atoms with Crippen LogP contribution in [0.25, 0.3) is 16.9 Å². The molecule has 10 heteroatoms. The normalized spacial score (nSPS) is 14.8. The largest absolute Gasteiger partial charge is 0.335 e. The molecule has 0 unspecified atom stereocenters. The highest BCUT2D eigenvalue weighted by Crippen LogP contribution is 2.24. The van der Waals surface area contributed by atoms with Crippen molar-refractivity contribution in [2.24, 2.45) is 7.05 Å². The topological polar surface area (TPSA) is 71.6 Å². The van der Waals surface area contributed by atoms with Gasteiger partial charge >= 0.3 is 0 Å². The Morgan fingerprint density at radius 3 is 2.58 bits per heavy atom. The molecule has 0 bridgehead atoms. The van der Waals surface area contributed by atoms with Gasteiger partial charge in [-0.05, 0) is 30.7 Å². The lowest BCUT2D eigenvalue weighted by Gasteiger charge is -2.34. The van der Waals surface area contributed by atoms with Crippen LogP contribution in [-0.4, -0.2) is 66.3 Å². The molecule has 0 saturated carbocycles. The van der Waals surface area contributed by atoms with Crippen LogP contribution in [-0.2, 0) is 13.6 Å². The molecule has 4 heterocycles. The Kier molecular flexibility index (Phi) is 5.82. The van der Waals surface area contributed by atoms with E-state index in [0.717, 1.165) is 42.1 Å². The summed E-state index contributed by atoms with van der Waals surface area (Å²) in [6.07, 6.45) is 3.53. The minimum absolute atomic E-state index is 0.0847. The summed E-state index contributed by atoms with van der Waals surface area (Å²) >= 11 is 12.3. The summed E-state index contributed by atoms with van der Waals surface area (Å²) in [6.45, 7) is 5.50. The Balaban J connectivity index is 1.31. The minimum atomic E-state index is -0.0847. The fourth-order valence-electron chi connectivity index (χ4n) is 4.12. The van der Waals surface area contributed by atoms with E-state index in [1.807, 2.05) is 41.8 Å². The van der Waals surface area contributed by atoms with Crippen molar-refractivity contribution < 1.29 is 4.79 Å². The van der Waals surface area contributed by atoms with Gasteiger partial charge in [-0.3, -0.25) is 14.4 Å². The second-order valence-corrected chi connectivity index (χ2v) is 9.04. The van der Waals surface area contributed by atoms with Crippen molar-refractivity contribution in [2.75, 3.05) is 26.2 Å². The van der Waals surface area contributed by atoms with Gasteiger partial charge in [0.2, 0.25) is 0 Å². The Labute approximate surface area is 201 Å². The van der Waals surface area contributed by atoms with Crippen LogP contribution in [0.3, 0.4) is 0 Å². The summed E-state index contributed by atoms with van der Waals surface area (Å²) in [4.78, 5) is 21.7. The summed E-state index contributed by atoms with van der Waals surface area (Å²) in [5.41, 5.74) is 4.89. The molecule has 4 aromatic rings. The first-order valence-electron chi connectivity index (χ1n) is 10.7. The number of nitrogens with zero attached hydrogens (tertiary/aromatic N) is 7. The zero-order valence-electron chi connectivity index (χ0n) is 18.4. The number of fused-ring (bicyclic) bond motifs is 1. The summed E-state index contributed by atoms with van der Waals surface area (Å²) in [7, 11) is 1.90. The molecule has 0 atom stereocenters. The first-order chi connectivity index (χ1) is 15.9. The lowest BCUT2D eigenvalue weighted by molar-refractivity contribution is 0.0622. The molecule has 1 aromatic carbocycles. The number of halogens is 2. The molecule has 1 aliphatic heterocycles. The monoisotopic (exact) mass is 483 g/mol. The molecule has 0 N–H and O–H groups in total. The molecule has 0 aliphatic carbocycles. The van der Waals surface area contributed by atoms with E-state index in [9.17, 15) is 4.79 Å². The van der Waals surface area contributed by atoms with E-state index in [4.69, 9.17) is 23.2 Å². The maximum absolute atomic E-state index is 13.2. The second kappa shape index (κ2) is 8.78. The van der Waals surface area contributed by atoms with Crippen LogP contribution in [0.1, 0.15) is 21.7 Å². The number of piperazine rings is 1. The number of hydrogen-bond acceptors (Lipinski definition) is 5. The van der Waals surface area contributed by atoms with Crippen LogP contribution in [0.2, 0.25) is 10.0 Å². The fraction of sp³-hybridized carbons (Fsp3) is 0.304. The van der Waals surface area contributed by atoms with Crippen LogP contribution in [0.15, 0.2) is 42.7 Å². The number of benzene rings is 1. The van der Waals surface area contributed by atoms with Gasteiger partial charge < -0.3 is 4.90 Å². The SMILES string of the molecule is Cc1c(-c2ccnc3cc(C(=O)N4CCN(Cc5ccc(Cl)cc5Cl)CC4)nn23)cnn1C. The van der Waals surface area contributed by atoms with Gasteiger partial charge in [0.05, 0.1) is 11.9 Å².